The summed E-state index contributed by atoms with van der Waals surface area (Å²) < 4.78 is 36.0. The third-order valence-corrected chi connectivity index (χ3v) is 9.59. The molecule has 41 heavy (non-hydrogen) atoms. The molecule has 1 aromatic heterocycles. The van der Waals surface area contributed by atoms with Crippen molar-refractivity contribution in [2.24, 2.45) is 5.92 Å². The minimum absolute atomic E-state index is 0.0284. The summed E-state index contributed by atoms with van der Waals surface area (Å²) in [4.78, 5) is 22.7. The van der Waals surface area contributed by atoms with E-state index in [2.05, 4.69) is 26.9 Å². The van der Waals surface area contributed by atoms with Gasteiger partial charge in [0.05, 0.1) is 16.6 Å². The Morgan fingerprint density at radius 1 is 0.976 bits per heavy atom. The van der Waals surface area contributed by atoms with Gasteiger partial charge in [0.2, 0.25) is 11.8 Å². The number of rotatable bonds is 6. The van der Waals surface area contributed by atoms with Crippen molar-refractivity contribution in [1.82, 2.24) is 15.3 Å². The predicted molar refractivity (Wildman–Crippen MR) is 161 cm³/mol. The van der Waals surface area contributed by atoms with Gasteiger partial charge in [-0.1, -0.05) is 69.7 Å². The van der Waals surface area contributed by atoms with Gasteiger partial charge in [0, 0.05) is 17.2 Å². The number of nitrogens with zero attached hydrogens (tertiary/aromatic N) is 2. The number of carbonyl (C=O) groups excluding carboxylic acids is 1. The van der Waals surface area contributed by atoms with Crippen molar-refractivity contribution < 1.29 is 17.9 Å². The Balaban J connectivity index is 1.65. The minimum Gasteiger partial charge on any atom is -0.472 e. The summed E-state index contributed by atoms with van der Waals surface area (Å²) >= 11 is 0. The molecule has 1 fully saturated rings. The second kappa shape index (κ2) is 12.6. The average molecular weight is 577 g/mol. The van der Waals surface area contributed by atoms with E-state index in [0.717, 1.165) is 55.2 Å². The fraction of sp³-hybridized carbons (Fsp3) is 0.469. The zero-order chi connectivity index (χ0) is 29.0. The third-order valence-electron chi connectivity index (χ3n) is 8.26. The first-order valence-electron chi connectivity index (χ1n) is 14.8. The molecule has 2 N–H and O–H groups in total. The second-order valence-corrected chi connectivity index (χ2v) is 13.1. The van der Waals surface area contributed by atoms with Crippen molar-refractivity contribution in [2.75, 3.05) is 4.72 Å². The predicted octanol–water partition coefficient (Wildman–Crippen LogP) is 6.58. The van der Waals surface area contributed by atoms with Crippen LogP contribution in [-0.2, 0) is 10.0 Å². The normalized spacial score (nSPS) is 20.9. The highest BCUT2D eigenvalue weighted by molar-refractivity contribution is 7.92. The Kier molecular flexibility index (Phi) is 8.92. The monoisotopic (exact) mass is 576 g/mol. The molecule has 1 amide bonds. The quantitative estimate of drug-likeness (QED) is 0.343. The largest absolute Gasteiger partial charge is 0.472 e. The van der Waals surface area contributed by atoms with Gasteiger partial charge in [0.15, 0.2) is 0 Å². The van der Waals surface area contributed by atoms with Crippen LogP contribution in [0.1, 0.15) is 86.2 Å². The van der Waals surface area contributed by atoms with E-state index >= 15 is 0 Å². The second-order valence-electron chi connectivity index (χ2n) is 11.4. The number of hydrogen-bond donors (Lipinski definition) is 2. The molecule has 8 nitrogen and oxygen atoms in total. The van der Waals surface area contributed by atoms with E-state index in [1.807, 2.05) is 32.0 Å². The van der Waals surface area contributed by atoms with E-state index in [9.17, 15) is 13.2 Å². The van der Waals surface area contributed by atoms with Gasteiger partial charge in [-0.05, 0) is 68.4 Å². The van der Waals surface area contributed by atoms with Gasteiger partial charge < -0.3 is 10.1 Å². The molecule has 3 aromatic rings. The van der Waals surface area contributed by atoms with Crippen LogP contribution >= 0.6 is 0 Å². The average Bonchev–Trinajstić information content (AvgIpc) is 2.95. The molecule has 2 aromatic carbocycles. The maximum absolute atomic E-state index is 13.6. The van der Waals surface area contributed by atoms with E-state index in [-0.39, 0.29) is 34.8 Å². The van der Waals surface area contributed by atoms with Gasteiger partial charge in [-0.2, -0.15) is 4.98 Å². The Labute approximate surface area is 243 Å². The smallest absolute Gasteiger partial charge is 0.264 e. The number of anilines is 1. The fourth-order valence-electron chi connectivity index (χ4n) is 6.10. The molecular formula is C32H40N4O4S. The lowest BCUT2D eigenvalue weighted by Crippen LogP contribution is -2.47. The molecule has 2 heterocycles. The number of fused-ring (bicyclic) bond motifs is 4. The van der Waals surface area contributed by atoms with Crippen LogP contribution in [0.3, 0.4) is 0 Å². The molecule has 0 spiro atoms. The molecule has 2 atom stereocenters. The zero-order valence-electron chi connectivity index (χ0n) is 24.2. The molecule has 0 radical (unpaired) electrons. The molecule has 2 aliphatic rings. The summed E-state index contributed by atoms with van der Waals surface area (Å²) in [5, 5.41) is 3.25. The Morgan fingerprint density at radius 2 is 1.71 bits per heavy atom. The summed E-state index contributed by atoms with van der Waals surface area (Å²) in [6, 6.07) is 13.6. The standard InChI is InChI=1S/C32H40N4O4S/c1-4-5-17-28-26(18-23-13-7-6-8-14-23)33-31(37)24-15-10-16-25(19-24)41(38,39)36-32-34-27(20-29(35-32)40-28)30-21(2)11-9-12-22(30)3/h9-12,15-16,19-20,23,26,28H,4-8,13-14,17-18H2,1-3H3,(H,33,37)(H,34,35,36)/t26-,28-/m1/s1. The van der Waals surface area contributed by atoms with Gasteiger partial charge in [-0.3, -0.25) is 4.79 Å². The van der Waals surface area contributed by atoms with Gasteiger partial charge in [0.25, 0.3) is 15.9 Å². The summed E-state index contributed by atoms with van der Waals surface area (Å²) in [5.41, 5.74) is 3.80. The lowest BCUT2D eigenvalue weighted by molar-refractivity contribution is 0.0803. The molecule has 1 saturated carbocycles. The van der Waals surface area contributed by atoms with Crippen molar-refractivity contribution >= 4 is 21.9 Å². The van der Waals surface area contributed by atoms with E-state index < -0.39 is 10.0 Å². The summed E-state index contributed by atoms with van der Waals surface area (Å²) in [6.45, 7) is 6.14. The first-order valence-corrected chi connectivity index (χ1v) is 16.3. The highest BCUT2D eigenvalue weighted by Gasteiger charge is 2.31. The van der Waals surface area contributed by atoms with Crippen molar-refractivity contribution in [2.45, 2.75) is 95.6 Å². The summed E-state index contributed by atoms with van der Waals surface area (Å²) in [6.07, 6.45) is 9.03. The number of hydrogen-bond acceptors (Lipinski definition) is 6. The van der Waals surface area contributed by atoms with Crippen LogP contribution in [0.15, 0.2) is 53.4 Å². The lowest BCUT2D eigenvalue weighted by atomic mass is 9.83. The first-order chi connectivity index (χ1) is 19.7. The molecular weight excluding hydrogens is 536 g/mol. The first kappa shape index (κ1) is 29.0. The SMILES string of the molecule is CCCC[C@H]1Oc2cc(-c3c(C)cccc3C)nc(n2)NS(=O)(=O)c2cccc(c2)C(=O)N[C@@H]1CC1CCCCC1. The zero-order valence-corrected chi connectivity index (χ0v) is 25.0. The number of benzene rings is 2. The maximum atomic E-state index is 13.6. The van der Waals surface area contributed by atoms with Crippen molar-refractivity contribution in [3.05, 3.63) is 65.2 Å². The lowest BCUT2D eigenvalue weighted by Gasteiger charge is -2.33. The number of sulfonamides is 1. The topological polar surface area (TPSA) is 110 Å². The Hall–Kier alpha value is -3.46. The van der Waals surface area contributed by atoms with Gasteiger partial charge in [-0.15, -0.1) is 0 Å². The van der Waals surface area contributed by atoms with E-state index in [0.29, 0.717) is 17.2 Å². The number of unbranched alkanes of at least 4 members (excludes halogenated alkanes) is 1. The van der Waals surface area contributed by atoms with Crippen LogP contribution in [-0.4, -0.2) is 36.4 Å². The van der Waals surface area contributed by atoms with Crippen LogP contribution in [0.4, 0.5) is 5.95 Å². The number of amides is 1. The fourth-order valence-corrected chi connectivity index (χ4v) is 7.09. The Morgan fingerprint density at radius 3 is 2.44 bits per heavy atom. The van der Waals surface area contributed by atoms with E-state index in [4.69, 9.17) is 4.74 Å². The van der Waals surface area contributed by atoms with Crippen LogP contribution in [0.25, 0.3) is 11.3 Å². The number of nitrogens with one attached hydrogen (secondary N) is 2. The molecule has 4 bridgehead atoms. The molecule has 9 heteroatoms. The number of aromatic nitrogens is 2. The van der Waals surface area contributed by atoms with Crippen molar-refractivity contribution in [3.8, 4) is 17.1 Å². The van der Waals surface area contributed by atoms with Crippen LogP contribution in [0.2, 0.25) is 0 Å². The molecule has 5 rings (SSSR count). The number of ether oxygens (including phenoxy) is 1. The number of aryl methyl sites for hydroxylation is 2. The van der Waals surface area contributed by atoms with Crippen molar-refractivity contribution in [1.29, 1.82) is 0 Å². The van der Waals surface area contributed by atoms with Crippen LogP contribution in [0.5, 0.6) is 5.88 Å². The Bertz CT molecular complexity index is 1480. The molecule has 0 unspecified atom stereocenters. The summed E-state index contributed by atoms with van der Waals surface area (Å²) in [5.74, 6) is 0.408. The van der Waals surface area contributed by atoms with Crippen LogP contribution in [0, 0.1) is 19.8 Å². The van der Waals surface area contributed by atoms with Gasteiger partial charge in [0.1, 0.15) is 6.10 Å². The minimum atomic E-state index is -4.08. The molecule has 1 aliphatic carbocycles. The van der Waals surface area contributed by atoms with Gasteiger partial charge >= 0.3 is 0 Å². The summed E-state index contributed by atoms with van der Waals surface area (Å²) in [7, 11) is -4.08. The van der Waals surface area contributed by atoms with E-state index in [1.165, 1.54) is 31.4 Å². The highest BCUT2D eigenvalue weighted by Crippen LogP contribution is 2.33. The third kappa shape index (κ3) is 6.89. The molecule has 1 aliphatic heterocycles. The molecule has 0 saturated heterocycles. The maximum Gasteiger partial charge on any atom is 0.264 e. The highest BCUT2D eigenvalue weighted by atomic mass is 32.2. The molecule has 218 valence electrons. The van der Waals surface area contributed by atoms with Crippen LogP contribution < -0.4 is 14.8 Å². The van der Waals surface area contributed by atoms with Gasteiger partial charge in [-0.25, -0.2) is 18.1 Å². The number of carbonyl (C=O) groups is 1. The van der Waals surface area contributed by atoms with E-state index in [1.54, 1.807) is 18.2 Å². The van der Waals surface area contributed by atoms with Crippen molar-refractivity contribution in [3.63, 3.8) is 0 Å².